The minimum atomic E-state index is -0.0900. The van der Waals surface area contributed by atoms with E-state index in [2.05, 4.69) is 24.3 Å². The number of nitrogens with one attached hydrogen (secondary N) is 1. The number of ether oxygens (including phenoxy) is 1. The fourth-order valence-electron chi connectivity index (χ4n) is 2.15. The number of nitrogens with two attached hydrogens (primary N) is 1. The van der Waals surface area contributed by atoms with Crippen molar-refractivity contribution in [3.05, 3.63) is 23.9 Å². The molecular weight excluding hydrogens is 256 g/mol. The van der Waals surface area contributed by atoms with Gasteiger partial charge in [0, 0.05) is 19.7 Å². The van der Waals surface area contributed by atoms with Gasteiger partial charge in [0.25, 0.3) is 5.91 Å². The smallest absolute Gasteiger partial charge is 0.272 e. The minimum absolute atomic E-state index is 0.0900. The number of pyridine rings is 1. The molecule has 0 saturated carbocycles. The lowest BCUT2D eigenvalue weighted by Gasteiger charge is -2.30. The lowest BCUT2D eigenvalue weighted by atomic mass is 10.1. The Hall–Kier alpha value is -1.66. The van der Waals surface area contributed by atoms with Gasteiger partial charge in [-0.2, -0.15) is 0 Å². The highest BCUT2D eigenvalue weighted by Crippen LogP contribution is 2.13. The fourth-order valence-corrected chi connectivity index (χ4v) is 2.15. The number of carbonyl (C=O) groups excluding carboxylic acids is 1. The molecule has 20 heavy (non-hydrogen) atoms. The molecular formula is C14H24N4O2. The van der Waals surface area contributed by atoms with Crippen molar-refractivity contribution in [2.24, 2.45) is 5.84 Å². The van der Waals surface area contributed by atoms with Crippen LogP contribution in [0.4, 0.5) is 5.82 Å². The number of amides is 1. The van der Waals surface area contributed by atoms with E-state index in [4.69, 9.17) is 10.6 Å². The summed E-state index contributed by atoms with van der Waals surface area (Å²) in [6, 6.07) is 5.37. The van der Waals surface area contributed by atoms with Crippen LogP contribution in [0.15, 0.2) is 18.2 Å². The van der Waals surface area contributed by atoms with Gasteiger partial charge in [-0.1, -0.05) is 19.9 Å². The molecule has 6 heteroatoms. The molecule has 0 bridgehead atoms. The average Bonchev–Trinajstić information content (AvgIpc) is 2.50. The average molecular weight is 280 g/mol. The van der Waals surface area contributed by atoms with Crippen LogP contribution < -0.4 is 11.3 Å². The van der Waals surface area contributed by atoms with E-state index in [0.717, 1.165) is 12.8 Å². The van der Waals surface area contributed by atoms with Crippen molar-refractivity contribution < 1.29 is 9.53 Å². The van der Waals surface area contributed by atoms with Crippen molar-refractivity contribution in [2.45, 2.75) is 32.7 Å². The predicted octanol–water partition coefficient (Wildman–Crippen LogP) is 1.64. The molecule has 1 rings (SSSR count). The number of rotatable bonds is 8. The van der Waals surface area contributed by atoms with Crippen LogP contribution in [0.2, 0.25) is 0 Å². The van der Waals surface area contributed by atoms with Crippen molar-refractivity contribution in [1.82, 2.24) is 9.88 Å². The third kappa shape index (κ3) is 4.18. The van der Waals surface area contributed by atoms with E-state index < -0.39 is 0 Å². The Morgan fingerprint density at radius 3 is 2.70 bits per heavy atom. The van der Waals surface area contributed by atoms with E-state index in [1.807, 2.05) is 4.90 Å². The maximum Gasteiger partial charge on any atom is 0.272 e. The van der Waals surface area contributed by atoms with Crippen molar-refractivity contribution in [3.63, 3.8) is 0 Å². The number of hydrazine groups is 1. The van der Waals surface area contributed by atoms with Crippen LogP contribution >= 0.6 is 0 Å². The second kappa shape index (κ2) is 8.50. The largest absolute Gasteiger partial charge is 0.383 e. The van der Waals surface area contributed by atoms with Gasteiger partial charge >= 0.3 is 0 Å². The van der Waals surface area contributed by atoms with E-state index >= 15 is 0 Å². The fraction of sp³-hybridized carbons (Fsp3) is 0.571. The van der Waals surface area contributed by atoms with E-state index in [0.29, 0.717) is 24.7 Å². The highest BCUT2D eigenvalue weighted by Gasteiger charge is 2.23. The first-order chi connectivity index (χ1) is 9.67. The van der Waals surface area contributed by atoms with Crippen molar-refractivity contribution in [1.29, 1.82) is 0 Å². The molecule has 6 nitrogen and oxygen atoms in total. The number of nitrogens with zero attached hydrogens (tertiary/aromatic N) is 2. The number of hydrogen-bond acceptors (Lipinski definition) is 5. The highest BCUT2D eigenvalue weighted by molar-refractivity contribution is 5.92. The van der Waals surface area contributed by atoms with Crippen molar-refractivity contribution >= 4 is 11.7 Å². The topological polar surface area (TPSA) is 80.5 Å². The highest BCUT2D eigenvalue weighted by atomic mass is 16.5. The monoisotopic (exact) mass is 280 g/mol. The second-order valence-corrected chi connectivity index (χ2v) is 4.51. The molecule has 0 saturated heterocycles. The Labute approximate surface area is 120 Å². The van der Waals surface area contributed by atoms with Crippen LogP contribution in [-0.2, 0) is 4.74 Å². The van der Waals surface area contributed by atoms with Crippen LogP contribution in [0.3, 0.4) is 0 Å². The van der Waals surface area contributed by atoms with Gasteiger partial charge in [0.2, 0.25) is 0 Å². The van der Waals surface area contributed by atoms with Crippen LogP contribution in [0.1, 0.15) is 37.2 Å². The van der Waals surface area contributed by atoms with Crippen LogP contribution in [0.25, 0.3) is 0 Å². The molecule has 0 aromatic carbocycles. The molecule has 0 spiro atoms. The summed E-state index contributed by atoms with van der Waals surface area (Å²) in [6.07, 6.45) is 1.81. The molecule has 1 heterocycles. The van der Waals surface area contributed by atoms with E-state index in [1.54, 1.807) is 25.3 Å². The predicted molar refractivity (Wildman–Crippen MR) is 79.3 cm³/mol. The van der Waals surface area contributed by atoms with Crippen LogP contribution in [-0.4, -0.2) is 42.1 Å². The number of aromatic nitrogens is 1. The molecule has 1 aromatic heterocycles. The quantitative estimate of drug-likeness (QED) is 0.559. The van der Waals surface area contributed by atoms with Gasteiger partial charge in [-0.25, -0.2) is 10.8 Å². The first kappa shape index (κ1) is 16.4. The number of carbonyl (C=O) groups is 1. The SMILES string of the molecule is CCC(CC)N(CCOC)C(=O)c1cccc(NN)n1. The van der Waals surface area contributed by atoms with Gasteiger partial charge < -0.3 is 15.1 Å². The molecule has 112 valence electrons. The summed E-state index contributed by atoms with van der Waals surface area (Å²) in [6.45, 7) is 5.22. The Morgan fingerprint density at radius 2 is 2.15 bits per heavy atom. The summed E-state index contributed by atoms with van der Waals surface area (Å²) in [5, 5.41) is 0. The zero-order valence-corrected chi connectivity index (χ0v) is 12.4. The minimum Gasteiger partial charge on any atom is -0.383 e. The zero-order chi connectivity index (χ0) is 15.0. The maximum absolute atomic E-state index is 12.6. The Morgan fingerprint density at radius 1 is 1.45 bits per heavy atom. The third-order valence-corrected chi connectivity index (χ3v) is 3.30. The van der Waals surface area contributed by atoms with Crippen molar-refractivity contribution in [2.75, 3.05) is 25.7 Å². The van der Waals surface area contributed by atoms with Gasteiger partial charge in [-0.05, 0) is 25.0 Å². The van der Waals surface area contributed by atoms with Crippen LogP contribution in [0.5, 0.6) is 0 Å². The van der Waals surface area contributed by atoms with E-state index in [9.17, 15) is 4.79 Å². The Balaban J connectivity index is 2.95. The molecule has 1 amide bonds. The molecule has 0 aliphatic rings. The Bertz CT molecular complexity index is 421. The lowest BCUT2D eigenvalue weighted by Crippen LogP contribution is -2.42. The zero-order valence-electron chi connectivity index (χ0n) is 12.4. The van der Waals surface area contributed by atoms with Gasteiger partial charge in [0.05, 0.1) is 6.61 Å². The molecule has 0 aliphatic heterocycles. The van der Waals surface area contributed by atoms with E-state index in [1.165, 1.54) is 0 Å². The molecule has 0 atom stereocenters. The summed E-state index contributed by atoms with van der Waals surface area (Å²) in [5.41, 5.74) is 2.85. The van der Waals surface area contributed by atoms with Crippen LogP contribution in [0, 0.1) is 0 Å². The summed E-state index contributed by atoms with van der Waals surface area (Å²) in [7, 11) is 1.63. The maximum atomic E-state index is 12.6. The summed E-state index contributed by atoms with van der Waals surface area (Å²) >= 11 is 0. The molecule has 0 aliphatic carbocycles. The van der Waals surface area contributed by atoms with Gasteiger partial charge in [-0.3, -0.25) is 4.79 Å². The summed E-state index contributed by atoms with van der Waals surface area (Å²) in [5.74, 6) is 5.72. The second-order valence-electron chi connectivity index (χ2n) is 4.51. The number of nitrogen functional groups attached to an aromatic ring is 1. The molecule has 0 radical (unpaired) electrons. The molecule has 1 aromatic rings. The Kier molecular flexibility index (Phi) is 6.97. The lowest BCUT2D eigenvalue weighted by molar-refractivity contribution is 0.0584. The molecule has 0 unspecified atom stereocenters. The van der Waals surface area contributed by atoms with E-state index in [-0.39, 0.29) is 11.9 Å². The normalized spacial score (nSPS) is 10.7. The summed E-state index contributed by atoms with van der Waals surface area (Å²) < 4.78 is 5.10. The molecule has 3 N–H and O–H groups in total. The third-order valence-electron chi connectivity index (χ3n) is 3.30. The van der Waals surface area contributed by atoms with Crippen molar-refractivity contribution in [3.8, 4) is 0 Å². The van der Waals surface area contributed by atoms with Gasteiger partial charge in [0.15, 0.2) is 0 Å². The summed E-state index contributed by atoms with van der Waals surface area (Å²) in [4.78, 5) is 18.6. The van der Waals surface area contributed by atoms with Gasteiger partial charge in [0.1, 0.15) is 11.5 Å². The first-order valence-corrected chi connectivity index (χ1v) is 6.91. The van der Waals surface area contributed by atoms with Gasteiger partial charge in [-0.15, -0.1) is 0 Å². The number of methoxy groups -OCH3 is 1. The number of hydrogen-bond donors (Lipinski definition) is 2. The molecule has 0 fully saturated rings. The number of anilines is 1. The standard InChI is InChI=1S/C14H24N4O2/c1-4-11(5-2)18(9-10-20-3)14(19)12-7-6-8-13(16-12)17-15/h6-8,11H,4-5,9-10,15H2,1-3H3,(H,16,17). The first-order valence-electron chi connectivity index (χ1n) is 6.91.